The van der Waals surface area contributed by atoms with Gasteiger partial charge in [-0.05, 0) is 49.1 Å². The molecule has 1 aliphatic rings. The van der Waals surface area contributed by atoms with Crippen molar-refractivity contribution in [2.24, 2.45) is 0 Å². The second-order valence-corrected chi connectivity index (χ2v) is 13.4. The van der Waals surface area contributed by atoms with E-state index in [1.54, 1.807) is 30.3 Å². The van der Waals surface area contributed by atoms with Crippen molar-refractivity contribution in [1.29, 1.82) is 0 Å². The van der Waals surface area contributed by atoms with Crippen LogP contribution in [0.3, 0.4) is 0 Å². The largest absolute Gasteiger partial charge is 0.495 e. The normalized spacial score (nSPS) is 14.2. The van der Waals surface area contributed by atoms with Crippen LogP contribution < -0.4 is 14.4 Å². The number of ether oxygens (including phenoxy) is 1. The summed E-state index contributed by atoms with van der Waals surface area (Å²) in [5.74, 6) is -0.726. The Bertz CT molecular complexity index is 1530. The molecule has 0 saturated heterocycles. The summed E-state index contributed by atoms with van der Waals surface area (Å²) in [5, 5.41) is 3.38. The van der Waals surface area contributed by atoms with Gasteiger partial charge < -0.3 is 15.0 Å². The van der Waals surface area contributed by atoms with Crippen LogP contribution >= 0.6 is 11.6 Å². The molecule has 1 atom stereocenters. The number of nitrogens with zero attached hydrogens (tertiary/aromatic N) is 2. The lowest BCUT2D eigenvalue weighted by atomic mass is 10.0. The lowest BCUT2D eigenvalue weighted by Crippen LogP contribution is -2.52. The Labute approximate surface area is 264 Å². The Morgan fingerprint density at radius 1 is 1.05 bits per heavy atom. The van der Waals surface area contributed by atoms with E-state index in [1.165, 1.54) is 28.4 Å². The molecule has 2 amide bonds. The fraction of sp³-hybridized carbons (Fsp3) is 0.394. The smallest absolute Gasteiger partial charge is 0.243 e. The fourth-order valence-corrected chi connectivity index (χ4v) is 6.76. The van der Waals surface area contributed by atoms with Crippen molar-refractivity contribution in [3.8, 4) is 5.75 Å². The first-order valence-electron chi connectivity index (χ1n) is 14.7. The monoisotopic (exact) mass is 643 g/mol. The predicted molar refractivity (Wildman–Crippen MR) is 171 cm³/mol. The van der Waals surface area contributed by atoms with E-state index in [1.807, 2.05) is 30.3 Å². The van der Waals surface area contributed by atoms with Gasteiger partial charge in [-0.1, -0.05) is 73.0 Å². The number of carbonyl (C=O) groups is 2. The number of amides is 2. The number of rotatable bonds is 14. The Hall–Kier alpha value is -3.63. The van der Waals surface area contributed by atoms with Gasteiger partial charge in [0.1, 0.15) is 17.6 Å². The first-order valence-corrected chi connectivity index (χ1v) is 17.0. The molecule has 11 heteroatoms. The minimum atomic E-state index is -3.72. The van der Waals surface area contributed by atoms with E-state index >= 15 is 0 Å². The van der Waals surface area contributed by atoms with Gasteiger partial charge in [-0.2, -0.15) is 0 Å². The van der Waals surface area contributed by atoms with E-state index < -0.39 is 21.9 Å². The molecule has 236 valence electrons. The summed E-state index contributed by atoms with van der Waals surface area (Å²) in [7, 11) is -2.25. The summed E-state index contributed by atoms with van der Waals surface area (Å²) in [5.41, 5.74) is 1.50. The summed E-state index contributed by atoms with van der Waals surface area (Å²) in [4.78, 5) is 29.2. The number of methoxy groups -OCH3 is 1. The van der Waals surface area contributed by atoms with Gasteiger partial charge in [0.05, 0.1) is 24.1 Å². The number of benzene rings is 3. The van der Waals surface area contributed by atoms with Gasteiger partial charge in [-0.3, -0.25) is 13.9 Å². The number of hydrogen-bond acceptors (Lipinski definition) is 5. The predicted octanol–water partition coefficient (Wildman–Crippen LogP) is 5.73. The molecule has 0 heterocycles. The fourth-order valence-electron chi connectivity index (χ4n) is 5.55. The zero-order chi connectivity index (χ0) is 31.7. The summed E-state index contributed by atoms with van der Waals surface area (Å²) < 4.78 is 46.6. The SMILES string of the molecule is COc1ccc(N(CCCC(=O)N(Cc2ccccc2F)[C@H](Cc2ccccc2)C(=O)NC2CCCC2)S(C)(=O)=O)cc1Cl. The second-order valence-electron chi connectivity index (χ2n) is 11.1. The Kier molecular flexibility index (Phi) is 11.6. The van der Waals surface area contributed by atoms with Crippen molar-refractivity contribution >= 4 is 39.1 Å². The third kappa shape index (κ3) is 8.95. The average Bonchev–Trinajstić information content (AvgIpc) is 3.50. The maximum absolute atomic E-state index is 14.9. The molecule has 1 fully saturated rings. The maximum Gasteiger partial charge on any atom is 0.243 e. The van der Waals surface area contributed by atoms with Crippen LogP contribution in [0.25, 0.3) is 0 Å². The van der Waals surface area contributed by atoms with Crippen LogP contribution in [0, 0.1) is 5.82 Å². The van der Waals surface area contributed by atoms with E-state index in [0.717, 1.165) is 37.5 Å². The van der Waals surface area contributed by atoms with Crippen LogP contribution in [0.1, 0.15) is 49.7 Å². The van der Waals surface area contributed by atoms with Gasteiger partial charge in [-0.25, -0.2) is 12.8 Å². The van der Waals surface area contributed by atoms with Crippen molar-refractivity contribution in [2.45, 2.75) is 63.6 Å². The first kappa shape index (κ1) is 33.3. The van der Waals surface area contributed by atoms with Crippen LogP contribution in [0.15, 0.2) is 72.8 Å². The topological polar surface area (TPSA) is 96.0 Å². The van der Waals surface area contributed by atoms with E-state index in [2.05, 4.69) is 5.32 Å². The number of nitrogens with one attached hydrogen (secondary N) is 1. The highest BCUT2D eigenvalue weighted by Gasteiger charge is 2.32. The average molecular weight is 644 g/mol. The van der Waals surface area contributed by atoms with Crippen LogP contribution in [0.4, 0.5) is 10.1 Å². The summed E-state index contributed by atoms with van der Waals surface area (Å²) in [6.07, 6.45) is 5.24. The molecule has 0 aliphatic heterocycles. The van der Waals surface area contributed by atoms with Crippen molar-refractivity contribution < 1.29 is 27.1 Å². The molecule has 0 aromatic heterocycles. The minimum Gasteiger partial charge on any atom is -0.495 e. The highest BCUT2D eigenvalue weighted by molar-refractivity contribution is 7.92. The molecule has 3 aromatic carbocycles. The number of hydrogen-bond donors (Lipinski definition) is 1. The molecule has 1 N–H and O–H groups in total. The van der Waals surface area contributed by atoms with E-state index in [0.29, 0.717) is 17.0 Å². The minimum absolute atomic E-state index is 0.00160. The Balaban J connectivity index is 1.59. The molecule has 44 heavy (non-hydrogen) atoms. The van der Waals surface area contributed by atoms with Gasteiger partial charge in [-0.15, -0.1) is 0 Å². The van der Waals surface area contributed by atoms with Gasteiger partial charge >= 0.3 is 0 Å². The van der Waals surface area contributed by atoms with Crippen LogP contribution in [-0.2, 0) is 32.6 Å². The van der Waals surface area contributed by atoms with E-state index in [9.17, 15) is 22.4 Å². The molecule has 0 unspecified atom stereocenters. The van der Waals surface area contributed by atoms with Crippen molar-refractivity contribution in [1.82, 2.24) is 10.2 Å². The third-order valence-electron chi connectivity index (χ3n) is 7.85. The molecular weight excluding hydrogens is 605 g/mol. The zero-order valence-corrected chi connectivity index (χ0v) is 26.6. The molecule has 8 nitrogen and oxygen atoms in total. The quantitative estimate of drug-likeness (QED) is 0.242. The third-order valence-corrected chi connectivity index (χ3v) is 9.34. The highest BCUT2D eigenvalue weighted by Crippen LogP contribution is 2.30. The summed E-state index contributed by atoms with van der Waals surface area (Å²) in [6.45, 7) is -0.108. The number of halogens is 2. The first-order chi connectivity index (χ1) is 21.1. The molecule has 0 bridgehead atoms. The molecule has 4 rings (SSSR count). The number of sulfonamides is 1. The lowest BCUT2D eigenvalue weighted by molar-refractivity contribution is -0.141. The molecule has 3 aromatic rings. The van der Waals surface area contributed by atoms with Gasteiger partial charge in [0, 0.05) is 37.5 Å². The number of carbonyl (C=O) groups excluding carboxylic acids is 2. The number of anilines is 1. The Morgan fingerprint density at radius 3 is 2.36 bits per heavy atom. The van der Waals surface area contributed by atoms with E-state index in [4.69, 9.17) is 16.3 Å². The lowest BCUT2D eigenvalue weighted by Gasteiger charge is -2.33. The van der Waals surface area contributed by atoms with Gasteiger partial charge in [0.25, 0.3) is 0 Å². The second kappa shape index (κ2) is 15.4. The van der Waals surface area contributed by atoms with Crippen LogP contribution in [0.2, 0.25) is 5.02 Å². The maximum atomic E-state index is 14.9. The molecule has 1 aliphatic carbocycles. The molecule has 0 radical (unpaired) electrons. The molecular formula is C33H39ClFN3O5S. The zero-order valence-electron chi connectivity index (χ0n) is 25.0. The van der Waals surface area contributed by atoms with Gasteiger partial charge in [0.2, 0.25) is 21.8 Å². The van der Waals surface area contributed by atoms with Gasteiger partial charge in [0.15, 0.2) is 0 Å². The van der Waals surface area contributed by atoms with Crippen LogP contribution in [-0.4, -0.2) is 57.1 Å². The molecule has 0 spiro atoms. The van der Waals surface area contributed by atoms with Crippen molar-refractivity contribution in [3.63, 3.8) is 0 Å². The van der Waals surface area contributed by atoms with E-state index in [-0.39, 0.29) is 55.2 Å². The van der Waals surface area contributed by atoms with Crippen molar-refractivity contribution in [2.75, 3.05) is 24.2 Å². The molecule has 1 saturated carbocycles. The standard InChI is InChI=1S/C33H39ClFN3O5S/c1-43-31-19-18-27(22-28(31)34)38(44(2,41)42)20-10-17-32(39)37(23-25-13-6-9-16-29(25)35)30(21-24-11-4-3-5-12-24)33(40)36-26-14-7-8-15-26/h3-6,9,11-13,16,18-19,22,26,30H,7-8,10,14-15,17,20-21,23H2,1-2H3,(H,36,40)/t30-/m1/s1. The Morgan fingerprint density at radius 2 is 1.73 bits per heavy atom. The summed E-state index contributed by atoms with van der Waals surface area (Å²) >= 11 is 6.26. The summed E-state index contributed by atoms with van der Waals surface area (Å²) in [6, 6.07) is 19.4. The highest BCUT2D eigenvalue weighted by atomic mass is 35.5. The van der Waals surface area contributed by atoms with Crippen molar-refractivity contribution in [3.05, 3.63) is 94.8 Å². The van der Waals surface area contributed by atoms with Crippen LogP contribution in [0.5, 0.6) is 5.75 Å².